The highest BCUT2D eigenvalue weighted by molar-refractivity contribution is 6.39. The number of carbonyl (C=O) groups excluding carboxylic acids is 3. The SMILES string of the molecule is CCOc1ccc(C=C2C(=O)NC(=O)N(c3ccc(C)c(C)c3)C2=O)cc1C(=O)O. The summed E-state index contributed by atoms with van der Waals surface area (Å²) < 4.78 is 5.29. The topological polar surface area (TPSA) is 113 Å². The summed E-state index contributed by atoms with van der Waals surface area (Å²) in [5.41, 5.74) is 2.13. The Balaban J connectivity index is 2.03. The van der Waals surface area contributed by atoms with Gasteiger partial charge in [-0.1, -0.05) is 12.1 Å². The van der Waals surface area contributed by atoms with E-state index in [1.54, 1.807) is 25.1 Å². The molecule has 4 amide bonds. The third-order valence-electron chi connectivity index (χ3n) is 4.70. The van der Waals surface area contributed by atoms with Crippen molar-refractivity contribution in [2.24, 2.45) is 0 Å². The molecule has 0 bridgehead atoms. The van der Waals surface area contributed by atoms with Crippen LogP contribution in [-0.2, 0) is 9.59 Å². The summed E-state index contributed by atoms with van der Waals surface area (Å²) in [6.45, 7) is 5.76. The number of carboxylic acid groups (broad SMARTS) is 1. The normalized spacial score (nSPS) is 15.4. The first kappa shape index (κ1) is 20.8. The average molecular weight is 408 g/mol. The second kappa shape index (κ2) is 8.20. The maximum Gasteiger partial charge on any atom is 0.339 e. The number of hydrogen-bond donors (Lipinski definition) is 2. The fraction of sp³-hybridized carbons (Fsp3) is 0.182. The molecule has 2 aromatic carbocycles. The van der Waals surface area contributed by atoms with Gasteiger partial charge in [-0.15, -0.1) is 0 Å². The number of nitrogens with zero attached hydrogens (tertiary/aromatic N) is 1. The van der Waals surface area contributed by atoms with Crippen LogP contribution < -0.4 is 15.0 Å². The van der Waals surface area contributed by atoms with Gasteiger partial charge in [0.25, 0.3) is 11.8 Å². The Kier molecular flexibility index (Phi) is 5.68. The Morgan fingerprint density at radius 2 is 1.83 bits per heavy atom. The van der Waals surface area contributed by atoms with E-state index >= 15 is 0 Å². The molecule has 0 radical (unpaired) electrons. The minimum Gasteiger partial charge on any atom is -0.493 e. The van der Waals surface area contributed by atoms with Gasteiger partial charge >= 0.3 is 12.0 Å². The van der Waals surface area contributed by atoms with E-state index in [-0.39, 0.29) is 23.5 Å². The van der Waals surface area contributed by atoms with Gasteiger partial charge in [0.05, 0.1) is 12.3 Å². The number of carboxylic acids is 1. The maximum absolute atomic E-state index is 13.0. The summed E-state index contributed by atoms with van der Waals surface area (Å²) in [6.07, 6.45) is 1.25. The zero-order valence-corrected chi connectivity index (χ0v) is 16.7. The van der Waals surface area contributed by atoms with Crippen molar-refractivity contribution in [1.29, 1.82) is 0 Å². The molecule has 1 aliphatic heterocycles. The summed E-state index contributed by atoms with van der Waals surface area (Å²) in [5.74, 6) is -2.67. The number of amides is 4. The fourth-order valence-electron chi connectivity index (χ4n) is 3.01. The molecule has 0 spiro atoms. The molecule has 8 heteroatoms. The molecule has 0 unspecified atom stereocenters. The third-order valence-corrected chi connectivity index (χ3v) is 4.70. The smallest absolute Gasteiger partial charge is 0.339 e. The van der Waals surface area contributed by atoms with Crippen LogP contribution in [0.5, 0.6) is 5.75 Å². The van der Waals surface area contributed by atoms with E-state index in [1.807, 2.05) is 13.8 Å². The van der Waals surface area contributed by atoms with E-state index in [9.17, 15) is 24.3 Å². The largest absolute Gasteiger partial charge is 0.493 e. The van der Waals surface area contributed by atoms with Crippen molar-refractivity contribution in [3.05, 3.63) is 64.2 Å². The first-order chi connectivity index (χ1) is 14.2. The highest BCUT2D eigenvalue weighted by Gasteiger charge is 2.37. The molecule has 2 N–H and O–H groups in total. The molecule has 2 aromatic rings. The minimum atomic E-state index is -1.20. The highest BCUT2D eigenvalue weighted by atomic mass is 16.5. The molecule has 1 aliphatic rings. The molecule has 3 rings (SSSR count). The number of carbonyl (C=O) groups is 4. The van der Waals surface area contributed by atoms with Crippen LogP contribution in [0.2, 0.25) is 0 Å². The van der Waals surface area contributed by atoms with Crippen molar-refractivity contribution in [1.82, 2.24) is 5.32 Å². The lowest BCUT2D eigenvalue weighted by molar-refractivity contribution is -0.122. The molecule has 0 aromatic heterocycles. The summed E-state index contributed by atoms with van der Waals surface area (Å²) in [7, 11) is 0. The average Bonchev–Trinajstić information content (AvgIpc) is 2.68. The molecule has 1 saturated heterocycles. The van der Waals surface area contributed by atoms with Gasteiger partial charge < -0.3 is 9.84 Å². The number of barbiturate groups is 1. The van der Waals surface area contributed by atoms with Gasteiger partial charge in [0.1, 0.15) is 16.9 Å². The van der Waals surface area contributed by atoms with Crippen LogP contribution in [0.1, 0.15) is 34.0 Å². The molecule has 1 fully saturated rings. The fourth-order valence-corrected chi connectivity index (χ4v) is 3.01. The lowest BCUT2D eigenvalue weighted by Gasteiger charge is -2.26. The number of anilines is 1. The Labute approximate surface area is 172 Å². The van der Waals surface area contributed by atoms with Gasteiger partial charge in [-0.25, -0.2) is 14.5 Å². The van der Waals surface area contributed by atoms with E-state index < -0.39 is 23.8 Å². The molecule has 8 nitrogen and oxygen atoms in total. The number of hydrogen-bond acceptors (Lipinski definition) is 5. The monoisotopic (exact) mass is 408 g/mol. The Morgan fingerprint density at radius 3 is 2.47 bits per heavy atom. The van der Waals surface area contributed by atoms with Crippen molar-refractivity contribution in [2.75, 3.05) is 11.5 Å². The Bertz CT molecular complexity index is 1100. The van der Waals surface area contributed by atoms with Gasteiger partial charge in [-0.2, -0.15) is 0 Å². The van der Waals surface area contributed by atoms with E-state index in [0.29, 0.717) is 11.3 Å². The van der Waals surface area contributed by atoms with Crippen molar-refractivity contribution in [3.63, 3.8) is 0 Å². The Hall–Kier alpha value is -3.94. The first-order valence-electron chi connectivity index (χ1n) is 9.21. The first-order valence-corrected chi connectivity index (χ1v) is 9.21. The van der Waals surface area contributed by atoms with Gasteiger partial charge in [0.15, 0.2) is 0 Å². The van der Waals surface area contributed by atoms with Crippen LogP contribution in [0.3, 0.4) is 0 Å². The highest BCUT2D eigenvalue weighted by Crippen LogP contribution is 2.26. The van der Waals surface area contributed by atoms with E-state index in [0.717, 1.165) is 16.0 Å². The summed E-state index contributed by atoms with van der Waals surface area (Å²) in [5, 5.41) is 11.6. The van der Waals surface area contributed by atoms with Crippen molar-refractivity contribution >= 4 is 35.6 Å². The standard InChI is InChI=1S/C22H20N2O6/c1-4-30-18-8-6-14(10-16(18)21(27)28)11-17-19(25)23-22(29)24(20(17)26)15-7-5-12(2)13(3)9-15/h5-11H,4H2,1-3H3,(H,27,28)(H,23,25,29). The lowest BCUT2D eigenvalue weighted by Crippen LogP contribution is -2.54. The maximum atomic E-state index is 13.0. The van der Waals surface area contributed by atoms with Crippen LogP contribution in [0, 0.1) is 13.8 Å². The molecular formula is C22H20N2O6. The van der Waals surface area contributed by atoms with Crippen LogP contribution >= 0.6 is 0 Å². The van der Waals surface area contributed by atoms with Crippen molar-refractivity contribution < 1.29 is 29.0 Å². The Morgan fingerprint density at radius 1 is 1.10 bits per heavy atom. The van der Waals surface area contributed by atoms with E-state index in [4.69, 9.17) is 4.74 Å². The molecule has 0 atom stereocenters. The van der Waals surface area contributed by atoms with Crippen LogP contribution in [0.4, 0.5) is 10.5 Å². The number of urea groups is 1. The molecule has 154 valence electrons. The number of ether oxygens (including phenoxy) is 1. The predicted molar refractivity (Wildman–Crippen MR) is 109 cm³/mol. The number of imide groups is 2. The van der Waals surface area contributed by atoms with Crippen LogP contribution in [0.25, 0.3) is 6.08 Å². The van der Waals surface area contributed by atoms with Crippen LogP contribution in [0.15, 0.2) is 42.0 Å². The molecule has 0 saturated carbocycles. The van der Waals surface area contributed by atoms with Gasteiger partial charge in [0, 0.05) is 0 Å². The number of nitrogens with one attached hydrogen (secondary N) is 1. The number of rotatable bonds is 5. The van der Waals surface area contributed by atoms with Crippen molar-refractivity contribution in [3.8, 4) is 5.75 Å². The summed E-state index contributed by atoms with van der Waals surface area (Å²) >= 11 is 0. The van der Waals surface area contributed by atoms with Gasteiger partial charge in [0.2, 0.25) is 0 Å². The van der Waals surface area contributed by atoms with Gasteiger partial charge in [-0.3, -0.25) is 14.9 Å². The van der Waals surface area contributed by atoms with Gasteiger partial charge in [-0.05, 0) is 67.8 Å². The second-order valence-corrected chi connectivity index (χ2v) is 6.72. The third kappa shape index (κ3) is 3.93. The number of aromatic carboxylic acids is 1. The lowest BCUT2D eigenvalue weighted by atomic mass is 10.0. The van der Waals surface area contributed by atoms with Crippen LogP contribution in [-0.4, -0.2) is 35.5 Å². The predicted octanol–water partition coefficient (Wildman–Crippen LogP) is 3.07. The number of benzene rings is 2. The molecule has 0 aliphatic carbocycles. The van der Waals surface area contributed by atoms with E-state index in [2.05, 4.69) is 5.32 Å². The van der Waals surface area contributed by atoms with Crippen molar-refractivity contribution in [2.45, 2.75) is 20.8 Å². The quantitative estimate of drug-likeness (QED) is 0.581. The zero-order valence-electron chi connectivity index (χ0n) is 16.7. The second-order valence-electron chi connectivity index (χ2n) is 6.72. The zero-order chi connectivity index (χ0) is 22.0. The molecule has 30 heavy (non-hydrogen) atoms. The summed E-state index contributed by atoms with van der Waals surface area (Å²) in [4.78, 5) is 50.0. The minimum absolute atomic E-state index is 0.100. The number of aryl methyl sites for hydroxylation is 2. The van der Waals surface area contributed by atoms with E-state index in [1.165, 1.54) is 24.3 Å². The molecule has 1 heterocycles. The summed E-state index contributed by atoms with van der Waals surface area (Å²) in [6, 6.07) is 8.52. The molecular weight excluding hydrogens is 388 g/mol.